The molecule has 0 fully saturated rings. The van der Waals surface area contributed by atoms with Gasteiger partial charge in [0.15, 0.2) is 0 Å². The number of thioether (sulfide) groups is 1. The molecule has 114 valence electrons. The molecule has 19 heavy (non-hydrogen) atoms. The Labute approximate surface area is 122 Å². The molecule has 0 aromatic carbocycles. The second-order valence-electron chi connectivity index (χ2n) is 5.12. The molecule has 3 nitrogen and oxygen atoms in total. The van der Waals surface area contributed by atoms with Crippen LogP contribution in [0.15, 0.2) is 0 Å². The highest BCUT2D eigenvalue weighted by Crippen LogP contribution is 2.15. The number of amides is 1. The summed E-state index contributed by atoms with van der Waals surface area (Å²) in [7, 11) is 0. The van der Waals surface area contributed by atoms with Gasteiger partial charge in [0.05, 0.1) is 12.1 Å². The third kappa shape index (κ3) is 8.53. The van der Waals surface area contributed by atoms with Crippen molar-refractivity contribution in [2.24, 2.45) is 0 Å². The van der Waals surface area contributed by atoms with Crippen LogP contribution >= 0.6 is 11.8 Å². The lowest BCUT2D eigenvalue weighted by molar-refractivity contribution is -0.123. The van der Waals surface area contributed by atoms with Crippen LogP contribution in [0.5, 0.6) is 0 Å². The smallest absolute Gasteiger partial charge is 0.220 e. The maximum atomic E-state index is 11.8. The predicted octanol–water partition coefficient (Wildman–Crippen LogP) is 3.36. The van der Waals surface area contributed by atoms with E-state index in [2.05, 4.69) is 12.2 Å². The maximum Gasteiger partial charge on any atom is 0.220 e. The van der Waals surface area contributed by atoms with Gasteiger partial charge in [0.25, 0.3) is 0 Å². The van der Waals surface area contributed by atoms with Gasteiger partial charge >= 0.3 is 0 Å². The molecule has 0 rings (SSSR count). The normalized spacial score (nSPS) is 11.6. The molecule has 0 bridgehead atoms. The first kappa shape index (κ1) is 18.8. The summed E-state index contributed by atoms with van der Waals surface area (Å²) >= 11 is 2.00. The van der Waals surface area contributed by atoms with Crippen molar-refractivity contribution in [1.82, 2.24) is 5.32 Å². The summed E-state index contributed by atoms with van der Waals surface area (Å²) in [6, 6.07) is 0. The van der Waals surface area contributed by atoms with Crippen molar-refractivity contribution in [3.8, 4) is 0 Å². The third-order valence-corrected chi connectivity index (χ3v) is 4.88. The molecule has 0 spiro atoms. The van der Waals surface area contributed by atoms with Crippen LogP contribution in [-0.4, -0.2) is 34.7 Å². The van der Waals surface area contributed by atoms with Crippen molar-refractivity contribution < 1.29 is 9.90 Å². The number of aliphatic hydroxyl groups is 1. The maximum absolute atomic E-state index is 11.8. The number of unbranched alkanes of at least 4 members (excludes halogenated alkanes) is 2. The first-order valence-electron chi connectivity index (χ1n) is 7.63. The molecule has 0 radical (unpaired) electrons. The molecule has 2 N–H and O–H groups in total. The molecule has 0 aromatic rings. The Hall–Kier alpha value is -0.220. The van der Waals surface area contributed by atoms with Crippen molar-refractivity contribution in [2.75, 3.05) is 18.1 Å². The van der Waals surface area contributed by atoms with Crippen LogP contribution in [0.25, 0.3) is 0 Å². The van der Waals surface area contributed by atoms with Gasteiger partial charge in [-0.2, -0.15) is 11.8 Å². The van der Waals surface area contributed by atoms with Crippen LogP contribution < -0.4 is 5.32 Å². The number of hydrogen-bond donors (Lipinski definition) is 2. The SMILES string of the molecule is CCCSCCCCCC(=O)NC(CC)(CC)CO. The Kier molecular flexibility index (Phi) is 11.5. The van der Waals surface area contributed by atoms with E-state index in [1.807, 2.05) is 25.6 Å². The van der Waals surface area contributed by atoms with E-state index in [1.165, 1.54) is 24.3 Å². The number of carbonyl (C=O) groups excluding carboxylic acids is 1. The van der Waals surface area contributed by atoms with E-state index in [-0.39, 0.29) is 12.5 Å². The fourth-order valence-corrected chi connectivity index (χ4v) is 2.86. The van der Waals surface area contributed by atoms with Gasteiger partial charge in [0.2, 0.25) is 5.91 Å². The van der Waals surface area contributed by atoms with Crippen LogP contribution in [0, 0.1) is 0 Å². The van der Waals surface area contributed by atoms with Gasteiger partial charge in [-0.1, -0.05) is 27.2 Å². The average Bonchev–Trinajstić information content (AvgIpc) is 2.44. The van der Waals surface area contributed by atoms with Crippen molar-refractivity contribution >= 4 is 17.7 Å². The molecular formula is C15H31NO2S. The van der Waals surface area contributed by atoms with Crippen LogP contribution in [0.2, 0.25) is 0 Å². The van der Waals surface area contributed by atoms with Crippen molar-refractivity contribution in [2.45, 2.75) is 71.3 Å². The molecule has 0 aliphatic rings. The molecule has 0 aromatic heterocycles. The van der Waals surface area contributed by atoms with E-state index in [1.54, 1.807) is 0 Å². The Morgan fingerprint density at radius 2 is 1.79 bits per heavy atom. The monoisotopic (exact) mass is 289 g/mol. The third-order valence-electron chi connectivity index (χ3n) is 3.60. The minimum Gasteiger partial charge on any atom is -0.394 e. The lowest BCUT2D eigenvalue weighted by Gasteiger charge is -2.30. The Morgan fingerprint density at radius 1 is 1.11 bits per heavy atom. The Morgan fingerprint density at radius 3 is 2.32 bits per heavy atom. The summed E-state index contributed by atoms with van der Waals surface area (Å²) in [4.78, 5) is 11.8. The quantitative estimate of drug-likeness (QED) is 0.542. The van der Waals surface area contributed by atoms with Gasteiger partial charge in [-0.25, -0.2) is 0 Å². The fourth-order valence-electron chi connectivity index (χ4n) is 1.96. The van der Waals surface area contributed by atoms with Gasteiger partial charge in [0, 0.05) is 6.42 Å². The Bertz CT molecular complexity index is 222. The zero-order valence-corrected chi connectivity index (χ0v) is 13.7. The van der Waals surface area contributed by atoms with E-state index in [0.717, 1.165) is 25.7 Å². The second-order valence-corrected chi connectivity index (χ2v) is 6.34. The number of hydrogen-bond acceptors (Lipinski definition) is 3. The van der Waals surface area contributed by atoms with Gasteiger partial charge in [-0.3, -0.25) is 4.79 Å². The highest BCUT2D eigenvalue weighted by molar-refractivity contribution is 7.99. The van der Waals surface area contributed by atoms with E-state index >= 15 is 0 Å². The molecule has 0 aliphatic heterocycles. The standard InChI is InChI=1S/C15H31NO2S/c1-4-11-19-12-9-7-8-10-14(18)16-15(5-2,6-3)13-17/h17H,4-13H2,1-3H3,(H,16,18). The molecule has 0 atom stereocenters. The summed E-state index contributed by atoms with van der Waals surface area (Å²) in [5, 5.41) is 12.4. The van der Waals surface area contributed by atoms with Crippen molar-refractivity contribution in [1.29, 1.82) is 0 Å². The van der Waals surface area contributed by atoms with Gasteiger partial charge in [-0.15, -0.1) is 0 Å². The van der Waals surface area contributed by atoms with Crippen LogP contribution in [-0.2, 0) is 4.79 Å². The molecule has 4 heteroatoms. The average molecular weight is 289 g/mol. The van der Waals surface area contributed by atoms with Gasteiger partial charge in [0.1, 0.15) is 0 Å². The Balaban J connectivity index is 3.69. The van der Waals surface area contributed by atoms with Crippen LogP contribution in [0.4, 0.5) is 0 Å². The van der Waals surface area contributed by atoms with Crippen molar-refractivity contribution in [3.05, 3.63) is 0 Å². The lowest BCUT2D eigenvalue weighted by atomic mass is 9.93. The highest BCUT2D eigenvalue weighted by atomic mass is 32.2. The summed E-state index contributed by atoms with van der Waals surface area (Å²) in [5.74, 6) is 2.53. The first-order chi connectivity index (χ1) is 9.14. The highest BCUT2D eigenvalue weighted by Gasteiger charge is 2.26. The summed E-state index contributed by atoms with van der Waals surface area (Å²) < 4.78 is 0. The summed E-state index contributed by atoms with van der Waals surface area (Å²) in [6.07, 6.45) is 6.65. The molecule has 0 unspecified atom stereocenters. The molecule has 0 saturated carbocycles. The topological polar surface area (TPSA) is 49.3 Å². The minimum atomic E-state index is -0.409. The number of nitrogens with one attached hydrogen (secondary N) is 1. The zero-order valence-electron chi connectivity index (χ0n) is 12.8. The number of aliphatic hydroxyl groups excluding tert-OH is 1. The largest absolute Gasteiger partial charge is 0.394 e. The molecule has 0 heterocycles. The fraction of sp³-hybridized carbons (Fsp3) is 0.933. The van der Waals surface area contributed by atoms with Crippen LogP contribution in [0.1, 0.15) is 65.7 Å². The number of rotatable bonds is 12. The van der Waals surface area contributed by atoms with Gasteiger partial charge < -0.3 is 10.4 Å². The summed E-state index contributed by atoms with van der Waals surface area (Å²) in [5.41, 5.74) is -0.409. The van der Waals surface area contributed by atoms with Crippen LogP contribution in [0.3, 0.4) is 0 Å². The second kappa shape index (κ2) is 11.6. The molecule has 0 aliphatic carbocycles. The van der Waals surface area contributed by atoms with Crippen molar-refractivity contribution in [3.63, 3.8) is 0 Å². The van der Waals surface area contributed by atoms with E-state index in [0.29, 0.717) is 6.42 Å². The number of carbonyl (C=O) groups is 1. The zero-order chi connectivity index (χ0) is 14.6. The van der Waals surface area contributed by atoms with Gasteiger partial charge in [-0.05, 0) is 43.6 Å². The predicted molar refractivity (Wildman–Crippen MR) is 84.6 cm³/mol. The molecule has 1 amide bonds. The van der Waals surface area contributed by atoms with E-state index in [4.69, 9.17) is 0 Å². The minimum absolute atomic E-state index is 0.0272. The van der Waals surface area contributed by atoms with E-state index < -0.39 is 5.54 Å². The first-order valence-corrected chi connectivity index (χ1v) is 8.79. The van der Waals surface area contributed by atoms with E-state index in [9.17, 15) is 9.90 Å². The molecule has 0 saturated heterocycles. The molecular weight excluding hydrogens is 258 g/mol. The summed E-state index contributed by atoms with van der Waals surface area (Å²) in [6.45, 7) is 6.24. The lowest BCUT2D eigenvalue weighted by Crippen LogP contribution is -2.50.